The average molecular weight is 461 g/mol. The minimum absolute atomic E-state index is 0.212. The van der Waals surface area contributed by atoms with Crippen molar-refractivity contribution in [1.82, 2.24) is 0 Å². The summed E-state index contributed by atoms with van der Waals surface area (Å²) in [5.41, 5.74) is 4.95. The van der Waals surface area contributed by atoms with E-state index >= 15 is 0 Å². The molecule has 0 bridgehead atoms. The van der Waals surface area contributed by atoms with Gasteiger partial charge in [-0.2, -0.15) is 0 Å². The van der Waals surface area contributed by atoms with Gasteiger partial charge < -0.3 is 4.90 Å². The lowest BCUT2D eigenvalue weighted by Crippen LogP contribution is -2.54. The maximum absolute atomic E-state index is 14.1. The number of hydrogen-bond acceptors (Lipinski definition) is 4. The third-order valence-corrected chi connectivity index (χ3v) is 8.41. The number of para-hydroxylation sites is 1. The molecule has 2 aliphatic heterocycles. The molecule has 0 N–H and O–H groups in total. The number of amides is 2. The van der Waals surface area contributed by atoms with Gasteiger partial charge in [-0.25, -0.2) is 8.42 Å². The first-order chi connectivity index (χ1) is 15.6. The molecule has 1 fully saturated rings. The van der Waals surface area contributed by atoms with Crippen molar-refractivity contribution < 1.29 is 18.0 Å². The van der Waals surface area contributed by atoms with Crippen molar-refractivity contribution in [2.75, 3.05) is 15.6 Å². The molecule has 2 heterocycles. The molecular weight excluding hydrogens is 436 g/mol. The fraction of sp³-hybridized carbons (Fsp3) is 0.231. The van der Waals surface area contributed by atoms with Crippen LogP contribution in [0.4, 0.5) is 11.4 Å². The van der Waals surface area contributed by atoms with Gasteiger partial charge >= 0.3 is 0 Å². The van der Waals surface area contributed by atoms with Gasteiger partial charge in [0.1, 0.15) is 5.75 Å². The van der Waals surface area contributed by atoms with Crippen LogP contribution in [0.1, 0.15) is 27.8 Å². The first-order valence-electron chi connectivity index (χ1n) is 10.8. The zero-order valence-electron chi connectivity index (χ0n) is 18.7. The summed E-state index contributed by atoms with van der Waals surface area (Å²) in [5.74, 6) is -1.92. The zero-order valence-corrected chi connectivity index (χ0v) is 19.5. The fourth-order valence-corrected chi connectivity index (χ4v) is 7.15. The van der Waals surface area contributed by atoms with Crippen molar-refractivity contribution in [3.8, 4) is 0 Å². The predicted molar refractivity (Wildman–Crippen MR) is 128 cm³/mol. The molecule has 1 spiro atoms. The monoisotopic (exact) mass is 460 g/mol. The maximum Gasteiger partial charge on any atom is 0.274 e. The summed E-state index contributed by atoms with van der Waals surface area (Å²) in [6, 6.07) is 20.1. The molecule has 2 aliphatic rings. The lowest BCUT2D eigenvalue weighted by molar-refractivity contribution is -0.123. The molecule has 0 saturated carbocycles. The van der Waals surface area contributed by atoms with Crippen LogP contribution in [-0.2, 0) is 30.8 Å². The van der Waals surface area contributed by atoms with E-state index in [1.54, 1.807) is 36.4 Å². The van der Waals surface area contributed by atoms with Gasteiger partial charge in [0.2, 0.25) is 5.91 Å². The summed E-state index contributed by atoms with van der Waals surface area (Å²) in [7, 11) is -4.17. The lowest BCUT2D eigenvalue weighted by atomic mass is 10.0. The third-order valence-electron chi connectivity index (χ3n) is 6.31. The number of nitrogens with zero attached hydrogens (tertiary/aromatic N) is 2. The molecule has 3 aromatic rings. The average Bonchev–Trinajstić information content (AvgIpc) is 3.10. The van der Waals surface area contributed by atoms with Crippen molar-refractivity contribution in [1.29, 1.82) is 0 Å². The normalized spacial score (nSPS) is 21.2. The van der Waals surface area contributed by atoms with Crippen LogP contribution in [-0.4, -0.2) is 26.0 Å². The van der Waals surface area contributed by atoms with Crippen LogP contribution in [0.3, 0.4) is 0 Å². The fourth-order valence-electron chi connectivity index (χ4n) is 5.12. The molecule has 1 saturated heterocycles. The Hall–Kier alpha value is -3.45. The molecule has 0 aromatic heterocycles. The number of anilines is 2. The van der Waals surface area contributed by atoms with Gasteiger partial charge in [0.25, 0.3) is 10.8 Å². The molecule has 6 nitrogen and oxygen atoms in total. The summed E-state index contributed by atoms with van der Waals surface area (Å²) in [6.07, 6.45) is 0. The summed E-state index contributed by atoms with van der Waals surface area (Å²) in [4.78, 5) is 28.0. The van der Waals surface area contributed by atoms with Crippen LogP contribution in [0, 0.1) is 20.8 Å². The second-order valence-corrected chi connectivity index (χ2v) is 11.0. The Balaban J connectivity index is 1.75. The predicted octanol–water partition coefficient (Wildman–Crippen LogP) is 3.77. The number of benzene rings is 3. The molecule has 5 rings (SSSR count). The number of aryl methyl sites for hydroxylation is 3. The van der Waals surface area contributed by atoms with Gasteiger partial charge in [-0.15, -0.1) is 0 Å². The van der Waals surface area contributed by atoms with E-state index in [-0.39, 0.29) is 6.54 Å². The van der Waals surface area contributed by atoms with E-state index in [9.17, 15) is 18.0 Å². The van der Waals surface area contributed by atoms with Crippen LogP contribution in [0.2, 0.25) is 0 Å². The summed E-state index contributed by atoms with van der Waals surface area (Å²) >= 11 is 0. The minimum Gasteiger partial charge on any atom is -0.304 e. The standard InChI is InChI=1S/C26H24N2O4S/c1-17-7-6-8-20(12-17)15-27-23-10-5-4-9-22(23)26(25(27)30)28(24(29)16-33(26,31)32)21-13-18(2)11-19(3)14-21/h4-14H,15-16H2,1-3H3/t26-/m1/s1. The highest BCUT2D eigenvalue weighted by Crippen LogP contribution is 2.52. The molecule has 33 heavy (non-hydrogen) atoms. The van der Waals surface area contributed by atoms with Gasteiger partial charge in [0.05, 0.1) is 12.2 Å². The SMILES string of the molecule is Cc1cccc(CN2C(=O)[C@]3(c4ccccc42)N(c2cc(C)cc(C)c2)C(=O)CS3(=O)=O)c1. The maximum atomic E-state index is 14.1. The van der Waals surface area contributed by atoms with E-state index in [2.05, 4.69) is 0 Å². The van der Waals surface area contributed by atoms with Crippen molar-refractivity contribution in [2.24, 2.45) is 0 Å². The van der Waals surface area contributed by atoms with Crippen molar-refractivity contribution in [2.45, 2.75) is 32.2 Å². The van der Waals surface area contributed by atoms with Crippen molar-refractivity contribution in [3.63, 3.8) is 0 Å². The highest BCUT2D eigenvalue weighted by molar-refractivity contribution is 7.94. The first kappa shape index (κ1) is 21.4. The Labute approximate surface area is 193 Å². The van der Waals surface area contributed by atoms with Crippen LogP contribution in [0.5, 0.6) is 0 Å². The van der Waals surface area contributed by atoms with Gasteiger partial charge in [0, 0.05) is 11.3 Å². The molecule has 168 valence electrons. The van der Waals surface area contributed by atoms with Crippen molar-refractivity contribution in [3.05, 3.63) is 94.5 Å². The highest BCUT2D eigenvalue weighted by Gasteiger charge is 2.69. The quantitative estimate of drug-likeness (QED) is 0.596. The van der Waals surface area contributed by atoms with Gasteiger partial charge in [0.15, 0.2) is 9.84 Å². The summed E-state index contributed by atoms with van der Waals surface area (Å²) < 4.78 is 27.3. The van der Waals surface area contributed by atoms with E-state index in [0.717, 1.165) is 22.3 Å². The molecule has 2 amide bonds. The molecule has 0 aliphatic carbocycles. The Kier molecular flexibility index (Phi) is 4.72. The summed E-state index contributed by atoms with van der Waals surface area (Å²) in [6.45, 7) is 5.94. The number of sulfone groups is 1. The Morgan fingerprint density at radius 1 is 0.848 bits per heavy atom. The molecule has 3 aromatic carbocycles. The summed E-state index contributed by atoms with van der Waals surface area (Å²) in [5, 5.41) is 0. The third kappa shape index (κ3) is 3.03. The highest BCUT2D eigenvalue weighted by atomic mass is 32.2. The first-order valence-corrected chi connectivity index (χ1v) is 12.4. The zero-order chi connectivity index (χ0) is 23.5. The van der Waals surface area contributed by atoms with Crippen LogP contribution < -0.4 is 9.80 Å². The smallest absolute Gasteiger partial charge is 0.274 e. The topological polar surface area (TPSA) is 74.8 Å². The van der Waals surface area contributed by atoms with Crippen LogP contribution in [0.25, 0.3) is 0 Å². The Bertz CT molecular complexity index is 1410. The van der Waals surface area contributed by atoms with E-state index in [4.69, 9.17) is 0 Å². The Morgan fingerprint density at radius 2 is 1.55 bits per heavy atom. The van der Waals surface area contributed by atoms with Gasteiger partial charge in [-0.3, -0.25) is 14.5 Å². The minimum atomic E-state index is -4.17. The van der Waals surface area contributed by atoms with Gasteiger partial charge in [-0.1, -0.05) is 54.1 Å². The van der Waals surface area contributed by atoms with E-state index in [0.29, 0.717) is 16.9 Å². The van der Waals surface area contributed by atoms with E-state index < -0.39 is 32.3 Å². The molecular formula is C26H24N2O4S. The number of rotatable bonds is 3. The second-order valence-electron chi connectivity index (χ2n) is 8.88. The lowest BCUT2D eigenvalue weighted by Gasteiger charge is -2.33. The number of hydrogen-bond donors (Lipinski definition) is 0. The van der Waals surface area contributed by atoms with Crippen LogP contribution in [0.15, 0.2) is 66.7 Å². The molecule has 0 unspecified atom stereocenters. The second kappa shape index (κ2) is 7.28. The molecule has 7 heteroatoms. The number of carbonyl (C=O) groups excluding carboxylic acids is 2. The van der Waals surface area contributed by atoms with Crippen LogP contribution >= 0.6 is 0 Å². The number of carbonyl (C=O) groups is 2. The largest absolute Gasteiger partial charge is 0.304 e. The Morgan fingerprint density at radius 3 is 2.24 bits per heavy atom. The molecule has 0 radical (unpaired) electrons. The van der Waals surface area contributed by atoms with Crippen molar-refractivity contribution >= 4 is 33.0 Å². The molecule has 1 atom stereocenters. The van der Waals surface area contributed by atoms with E-state index in [1.165, 1.54) is 9.80 Å². The van der Waals surface area contributed by atoms with Gasteiger partial charge in [-0.05, 0) is 55.7 Å². The number of fused-ring (bicyclic) bond motifs is 2. The van der Waals surface area contributed by atoms with E-state index in [1.807, 2.05) is 51.1 Å².